The van der Waals surface area contributed by atoms with Gasteiger partial charge in [-0.05, 0) is 13.8 Å². The van der Waals surface area contributed by atoms with Gasteiger partial charge in [0.2, 0.25) is 0 Å². The van der Waals surface area contributed by atoms with E-state index >= 15 is 0 Å². The summed E-state index contributed by atoms with van der Waals surface area (Å²) < 4.78 is 38.9. The summed E-state index contributed by atoms with van der Waals surface area (Å²) in [7, 11) is 0. The van der Waals surface area contributed by atoms with Crippen LogP contribution in [0.3, 0.4) is 0 Å². The summed E-state index contributed by atoms with van der Waals surface area (Å²) in [6, 6.07) is 0. The Kier molecular flexibility index (Phi) is 2.40. The Morgan fingerprint density at radius 1 is 1.31 bits per heavy atom. The van der Waals surface area contributed by atoms with Crippen molar-refractivity contribution in [3.05, 3.63) is 17.7 Å². The van der Waals surface area contributed by atoms with Crippen LogP contribution >= 0.6 is 0 Å². The number of aryl methyl sites for hydroxylation is 2. The van der Waals surface area contributed by atoms with Gasteiger partial charge in [-0.15, -0.1) is 13.2 Å². The molecular weight excluding hydrogens is 185 g/mol. The summed E-state index contributed by atoms with van der Waals surface area (Å²) in [6.07, 6.45) is -3.69. The first-order valence-corrected chi connectivity index (χ1v) is 3.44. The van der Waals surface area contributed by atoms with E-state index in [2.05, 4.69) is 14.7 Å². The van der Waals surface area contributed by atoms with Gasteiger partial charge >= 0.3 is 6.36 Å². The minimum atomic E-state index is -4.69. The van der Waals surface area contributed by atoms with E-state index in [4.69, 9.17) is 0 Å². The van der Waals surface area contributed by atoms with Crippen LogP contribution in [0.5, 0.6) is 5.75 Å². The van der Waals surface area contributed by atoms with Crippen LogP contribution in [0.4, 0.5) is 13.2 Å². The molecule has 0 aliphatic carbocycles. The van der Waals surface area contributed by atoms with Gasteiger partial charge < -0.3 is 4.74 Å². The van der Waals surface area contributed by atoms with Gasteiger partial charge in [0, 0.05) is 0 Å². The lowest BCUT2D eigenvalue weighted by molar-refractivity contribution is -0.275. The zero-order valence-electron chi connectivity index (χ0n) is 7.01. The van der Waals surface area contributed by atoms with E-state index in [1.807, 2.05) is 0 Å². The molecule has 1 rings (SSSR count). The number of alkyl halides is 3. The molecule has 0 fully saturated rings. The van der Waals surface area contributed by atoms with Gasteiger partial charge in [-0.1, -0.05) is 0 Å². The molecule has 0 bridgehead atoms. The van der Waals surface area contributed by atoms with E-state index in [-0.39, 0.29) is 11.4 Å². The minimum absolute atomic E-state index is 0.171. The van der Waals surface area contributed by atoms with Crippen molar-refractivity contribution in [1.29, 1.82) is 0 Å². The van der Waals surface area contributed by atoms with Crippen LogP contribution in [-0.4, -0.2) is 16.3 Å². The molecule has 1 heterocycles. The molecule has 0 N–H and O–H groups in total. The van der Waals surface area contributed by atoms with Gasteiger partial charge in [-0.2, -0.15) is 0 Å². The Balaban J connectivity index is 2.90. The fourth-order valence-electron chi connectivity index (χ4n) is 0.797. The fraction of sp³-hybridized carbons (Fsp3) is 0.429. The Hall–Kier alpha value is -1.33. The topological polar surface area (TPSA) is 35.0 Å². The molecule has 0 atom stereocenters. The molecule has 0 aliphatic rings. The Labute approximate surface area is 72.6 Å². The Morgan fingerprint density at radius 3 is 2.38 bits per heavy atom. The normalized spacial score (nSPS) is 11.5. The maximum absolute atomic E-state index is 11.7. The van der Waals surface area contributed by atoms with Crippen LogP contribution in [-0.2, 0) is 0 Å². The van der Waals surface area contributed by atoms with Crippen molar-refractivity contribution in [2.75, 3.05) is 0 Å². The lowest BCUT2D eigenvalue weighted by Crippen LogP contribution is -2.18. The summed E-state index contributed by atoms with van der Waals surface area (Å²) in [5.41, 5.74) is 0.171. The third-order valence-electron chi connectivity index (χ3n) is 1.28. The summed E-state index contributed by atoms with van der Waals surface area (Å²) in [5, 5.41) is 0. The number of rotatable bonds is 1. The van der Waals surface area contributed by atoms with E-state index in [9.17, 15) is 13.2 Å². The molecule has 3 nitrogen and oxygen atoms in total. The van der Waals surface area contributed by atoms with Crippen LogP contribution < -0.4 is 4.74 Å². The molecule has 0 aromatic carbocycles. The molecular formula is C7H7F3N2O. The van der Waals surface area contributed by atoms with Gasteiger partial charge in [0.05, 0.1) is 11.9 Å². The van der Waals surface area contributed by atoms with Crippen LogP contribution in [0.15, 0.2) is 6.20 Å². The van der Waals surface area contributed by atoms with E-state index in [0.717, 1.165) is 6.20 Å². The highest BCUT2D eigenvalue weighted by Crippen LogP contribution is 2.23. The SMILES string of the molecule is Cc1ncc(OC(F)(F)F)c(C)n1. The largest absolute Gasteiger partial charge is 0.573 e. The molecule has 13 heavy (non-hydrogen) atoms. The van der Waals surface area contributed by atoms with Crippen molar-refractivity contribution >= 4 is 0 Å². The lowest BCUT2D eigenvalue weighted by Gasteiger charge is -2.09. The first kappa shape index (κ1) is 9.76. The molecule has 0 spiro atoms. The van der Waals surface area contributed by atoms with Crippen molar-refractivity contribution in [2.45, 2.75) is 20.2 Å². The molecule has 0 radical (unpaired) electrons. The number of nitrogens with zero attached hydrogens (tertiary/aromatic N) is 2. The van der Waals surface area contributed by atoms with Crippen LogP contribution in [0.25, 0.3) is 0 Å². The van der Waals surface area contributed by atoms with Crippen molar-refractivity contribution in [2.24, 2.45) is 0 Å². The van der Waals surface area contributed by atoms with Crippen molar-refractivity contribution in [3.63, 3.8) is 0 Å². The summed E-state index contributed by atoms with van der Waals surface area (Å²) in [5.74, 6) is 0.0464. The molecule has 1 aromatic rings. The first-order valence-electron chi connectivity index (χ1n) is 3.44. The highest BCUT2D eigenvalue weighted by molar-refractivity contribution is 5.23. The van der Waals surface area contributed by atoms with Crippen LogP contribution in [0.1, 0.15) is 11.5 Å². The number of hydrogen-bond acceptors (Lipinski definition) is 3. The molecule has 0 unspecified atom stereocenters. The molecule has 72 valence electrons. The highest BCUT2D eigenvalue weighted by atomic mass is 19.4. The average Bonchev–Trinajstić information content (AvgIpc) is 1.93. The standard InChI is InChI=1S/C7H7F3N2O/c1-4-6(13-7(8,9)10)3-11-5(2)12-4/h3H,1-2H3. The smallest absolute Gasteiger partial charge is 0.402 e. The van der Waals surface area contributed by atoms with E-state index in [1.165, 1.54) is 6.92 Å². The predicted molar refractivity (Wildman–Crippen MR) is 38.2 cm³/mol. The fourth-order valence-corrected chi connectivity index (χ4v) is 0.797. The summed E-state index contributed by atoms with van der Waals surface area (Å²) >= 11 is 0. The maximum Gasteiger partial charge on any atom is 0.573 e. The van der Waals surface area contributed by atoms with Gasteiger partial charge in [0.15, 0.2) is 5.75 Å². The first-order chi connectivity index (χ1) is 5.88. The molecule has 0 saturated carbocycles. The lowest BCUT2D eigenvalue weighted by atomic mass is 10.4. The molecule has 1 aromatic heterocycles. The molecule has 0 saturated heterocycles. The molecule has 0 amide bonds. The third-order valence-corrected chi connectivity index (χ3v) is 1.28. The van der Waals surface area contributed by atoms with Gasteiger partial charge in [0.25, 0.3) is 0 Å². The number of aromatic nitrogens is 2. The van der Waals surface area contributed by atoms with E-state index in [1.54, 1.807) is 6.92 Å². The van der Waals surface area contributed by atoms with E-state index < -0.39 is 6.36 Å². The second-order valence-electron chi connectivity index (χ2n) is 2.41. The Morgan fingerprint density at radius 2 is 1.92 bits per heavy atom. The van der Waals surface area contributed by atoms with Crippen molar-refractivity contribution in [3.8, 4) is 5.75 Å². The third kappa shape index (κ3) is 2.89. The Bertz CT molecular complexity index is 311. The molecule has 0 aliphatic heterocycles. The number of ether oxygens (including phenoxy) is 1. The zero-order chi connectivity index (χ0) is 10.1. The molecule has 6 heteroatoms. The van der Waals surface area contributed by atoms with Crippen LogP contribution in [0.2, 0.25) is 0 Å². The van der Waals surface area contributed by atoms with Crippen LogP contribution in [0, 0.1) is 13.8 Å². The number of halogens is 3. The van der Waals surface area contributed by atoms with E-state index in [0.29, 0.717) is 5.82 Å². The van der Waals surface area contributed by atoms with Gasteiger partial charge in [-0.25, -0.2) is 9.97 Å². The summed E-state index contributed by atoms with van der Waals surface area (Å²) in [4.78, 5) is 7.31. The minimum Gasteiger partial charge on any atom is -0.402 e. The second-order valence-corrected chi connectivity index (χ2v) is 2.41. The zero-order valence-corrected chi connectivity index (χ0v) is 7.01. The number of hydrogen-bond donors (Lipinski definition) is 0. The van der Waals surface area contributed by atoms with Crippen molar-refractivity contribution in [1.82, 2.24) is 9.97 Å². The monoisotopic (exact) mass is 192 g/mol. The predicted octanol–water partition coefficient (Wildman–Crippen LogP) is 1.99. The quantitative estimate of drug-likeness (QED) is 0.682. The second kappa shape index (κ2) is 3.20. The van der Waals surface area contributed by atoms with Crippen molar-refractivity contribution < 1.29 is 17.9 Å². The summed E-state index contributed by atoms with van der Waals surface area (Å²) in [6.45, 7) is 3.01. The van der Waals surface area contributed by atoms with Gasteiger partial charge in [-0.3, -0.25) is 0 Å². The maximum atomic E-state index is 11.7. The average molecular weight is 192 g/mol. The highest BCUT2D eigenvalue weighted by Gasteiger charge is 2.32. The van der Waals surface area contributed by atoms with Gasteiger partial charge in [0.1, 0.15) is 5.82 Å².